The number of fused-ring (bicyclic) bond motifs is 2. The Morgan fingerprint density at radius 2 is 0.578 bits per heavy atom. The number of nitrogens with zero attached hydrogens (tertiary/aromatic N) is 12. The Balaban J connectivity index is 0.997. The van der Waals surface area contributed by atoms with E-state index in [1.807, 2.05) is 97.3 Å². The van der Waals surface area contributed by atoms with Crippen LogP contribution in [-0.2, 0) is 76.8 Å². The highest BCUT2D eigenvalue weighted by molar-refractivity contribution is 5.96. The van der Waals surface area contributed by atoms with Crippen LogP contribution in [-0.4, -0.2) is 308 Å². The van der Waals surface area contributed by atoms with Crippen LogP contribution in [0.4, 0.5) is 0 Å². The minimum absolute atomic E-state index is 0.0279. The van der Waals surface area contributed by atoms with Crippen LogP contribution in [0.5, 0.6) is 0 Å². The fourth-order valence-electron chi connectivity index (χ4n) is 16.5. The van der Waals surface area contributed by atoms with Crippen LogP contribution in [0, 0.1) is 0 Å². The van der Waals surface area contributed by atoms with E-state index in [0.717, 1.165) is 51.3 Å². The first-order chi connectivity index (χ1) is 65.3. The number of H-pyrrole nitrogens is 3. The van der Waals surface area contributed by atoms with E-state index in [9.17, 15) is 19.2 Å². The number of para-hydroxylation sites is 2. The van der Waals surface area contributed by atoms with Gasteiger partial charge in [0.05, 0.1) is 95.1 Å². The van der Waals surface area contributed by atoms with Crippen molar-refractivity contribution in [3.63, 3.8) is 0 Å². The van der Waals surface area contributed by atoms with Crippen molar-refractivity contribution in [1.82, 2.24) is 79.2 Å². The standard InChI is InChI=1S/C101H140N22O12/c1-75(79-31-9-5-10-32-79)120(63-90(107)124)98(132)68-115(54-29-24-49-105)92(126)64-114(53-28-23-48-104)96(130)72-122(77(3)81-35-13-7-14-36-81)101(135)73-123(78(4)82-37-15-8-16-38-82)99(133)69-116(55-30-25-50-106)97(131)71-121(76(2)80-33-11-6-12-34-80)100(134)70-119(58-45-85-61-109-74-112-85)94(128)65-113(52-27-22-47-103)93(127)67-118(57-44-84-60-111-89-42-20-18-40-87(84)89)95(129)66-117(91(125)62-108-51-26-21-46-102)56-43-83-59-110-88-41-19-17-39-86(83)88/h5-20,31-42,59-61,74-78,108,110-111H,21-30,43-58,62-73,102-106H2,1-4H3,(H2,107,124)(H,109,112)/t75-,76-,77-,78-/m0/s1. The maximum atomic E-state index is 15.9. The number of rotatable bonds is 61. The molecule has 12 amide bonds. The first-order valence-electron chi connectivity index (χ1n) is 47.2. The van der Waals surface area contributed by atoms with Gasteiger partial charge in [-0.1, -0.05) is 158 Å². The molecule has 0 aliphatic heterocycles. The largest absolute Gasteiger partial charge is 0.368 e. The maximum absolute atomic E-state index is 15.9. The number of nitrogens with one attached hydrogen (secondary N) is 4. The molecule has 16 N–H and O–H groups in total. The van der Waals surface area contributed by atoms with E-state index in [2.05, 4.69) is 25.3 Å². The van der Waals surface area contributed by atoms with Crippen LogP contribution in [0.1, 0.15) is 155 Å². The van der Waals surface area contributed by atoms with E-state index in [1.165, 1.54) is 60.2 Å². The molecule has 3 aromatic heterocycles. The van der Waals surface area contributed by atoms with Gasteiger partial charge in [0.1, 0.15) is 19.6 Å². The monoisotopic (exact) mass is 1850 g/mol. The molecule has 3 heterocycles. The second kappa shape index (κ2) is 56.3. The van der Waals surface area contributed by atoms with E-state index < -0.39 is 155 Å². The average Bonchev–Trinajstić information content (AvgIpc) is 1.78. The van der Waals surface area contributed by atoms with Crippen molar-refractivity contribution >= 4 is 92.7 Å². The Morgan fingerprint density at radius 3 is 0.904 bits per heavy atom. The van der Waals surface area contributed by atoms with Crippen molar-refractivity contribution in [3.8, 4) is 0 Å². The summed E-state index contributed by atoms with van der Waals surface area (Å²) in [6, 6.07) is 48.5. The van der Waals surface area contributed by atoms with Gasteiger partial charge >= 0.3 is 0 Å². The van der Waals surface area contributed by atoms with Crippen LogP contribution in [0.2, 0.25) is 0 Å². The Morgan fingerprint density at radius 1 is 0.304 bits per heavy atom. The number of hydrogen-bond acceptors (Lipinski definition) is 19. The summed E-state index contributed by atoms with van der Waals surface area (Å²) in [4.78, 5) is 211. The zero-order chi connectivity index (χ0) is 97.0. The number of aromatic nitrogens is 4. The zero-order valence-corrected chi connectivity index (χ0v) is 78.9. The number of aromatic amines is 3. The smallest absolute Gasteiger partial charge is 0.243 e. The summed E-state index contributed by atoms with van der Waals surface area (Å²) in [6.45, 7) is 3.39. The van der Waals surface area contributed by atoms with E-state index >= 15 is 38.4 Å². The van der Waals surface area contributed by atoms with Crippen molar-refractivity contribution in [2.45, 2.75) is 135 Å². The number of primary amides is 1. The van der Waals surface area contributed by atoms with Gasteiger partial charge in [-0.3, -0.25) is 57.5 Å². The SMILES string of the molecule is C[C@@H](c1ccccc1)N(CC(N)=O)C(=O)CN(CCCCN)C(=O)CN(CCCCN)C(=O)CN(C(=O)CN(C(=O)CN(CCCCN)C(=O)CN(C(=O)CN(CCc1c[nH]cn1)C(=O)CN(CCCCN)C(=O)CN(CCc1c[nH]c2ccccc12)C(=O)CN(CCc1c[nH]c2ccccc12)C(=O)CNCCCCN)[C@@H](C)c1ccccc1)[C@@H](C)c1ccccc1)[C@@H](C)c1ccccc1. The Hall–Kier alpha value is -13.0. The molecule has 0 aliphatic rings. The molecule has 0 unspecified atom stereocenters. The molecule has 0 fully saturated rings. The van der Waals surface area contributed by atoms with E-state index in [1.54, 1.807) is 119 Å². The number of imidazole rings is 1. The van der Waals surface area contributed by atoms with Gasteiger partial charge in [0, 0.05) is 92.6 Å². The molecule has 0 spiro atoms. The quantitative estimate of drug-likeness (QED) is 0.0186. The summed E-state index contributed by atoms with van der Waals surface area (Å²) in [7, 11) is 0. The van der Waals surface area contributed by atoms with Crippen molar-refractivity contribution in [3.05, 3.63) is 234 Å². The fourth-order valence-corrected chi connectivity index (χ4v) is 16.5. The minimum Gasteiger partial charge on any atom is -0.368 e. The van der Waals surface area contributed by atoms with Gasteiger partial charge in [0.2, 0.25) is 70.9 Å². The molecule has 0 aliphatic carbocycles. The van der Waals surface area contributed by atoms with Crippen LogP contribution < -0.4 is 39.7 Å². The number of hydrogen-bond donors (Lipinski definition) is 10. The third kappa shape index (κ3) is 33.0. The zero-order valence-electron chi connectivity index (χ0n) is 78.9. The summed E-state index contributed by atoms with van der Waals surface area (Å²) < 4.78 is 0. The van der Waals surface area contributed by atoms with Gasteiger partial charge in [-0.15, -0.1) is 0 Å². The lowest BCUT2D eigenvalue weighted by molar-refractivity contribution is -0.151. The van der Waals surface area contributed by atoms with Crippen LogP contribution in [0.25, 0.3) is 21.8 Å². The number of benzene rings is 6. The minimum atomic E-state index is -0.850. The molecule has 726 valence electrons. The van der Waals surface area contributed by atoms with Gasteiger partial charge in [-0.25, -0.2) is 4.98 Å². The topological polar surface area (TPSA) is 469 Å². The van der Waals surface area contributed by atoms with Gasteiger partial charge in [-0.2, -0.15) is 0 Å². The predicted octanol–water partition coefficient (Wildman–Crippen LogP) is 6.33. The molecule has 0 bridgehead atoms. The molecular formula is C101H140N22O12. The van der Waals surface area contributed by atoms with E-state index in [0.29, 0.717) is 106 Å². The molecule has 0 saturated heterocycles. The number of unbranched alkanes of at least 4 members (excludes halogenated alkanes) is 5. The van der Waals surface area contributed by atoms with Crippen LogP contribution in [0.15, 0.2) is 195 Å². The Kier molecular flexibility index (Phi) is 44.0. The Bertz CT molecular complexity index is 5200. The average molecular weight is 1850 g/mol. The number of amides is 12. The third-order valence-electron chi connectivity index (χ3n) is 24.7. The van der Waals surface area contributed by atoms with Gasteiger partial charge < -0.3 is 109 Å². The molecule has 34 nitrogen and oxygen atoms in total. The summed E-state index contributed by atoms with van der Waals surface area (Å²) >= 11 is 0. The first-order valence-corrected chi connectivity index (χ1v) is 47.2. The van der Waals surface area contributed by atoms with Crippen molar-refractivity contribution in [2.75, 3.05) is 164 Å². The molecule has 135 heavy (non-hydrogen) atoms. The molecule has 6 aromatic carbocycles. The van der Waals surface area contributed by atoms with Crippen molar-refractivity contribution in [1.29, 1.82) is 0 Å². The van der Waals surface area contributed by atoms with E-state index in [4.69, 9.17) is 34.4 Å². The van der Waals surface area contributed by atoms with Crippen molar-refractivity contribution in [2.24, 2.45) is 34.4 Å². The normalized spacial score (nSPS) is 12.1. The lowest BCUT2D eigenvalue weighted by atomic mass is 10.1. The lowest BCUT2D eigenvalue weighted by Gasteiger charge is -2.37. The lowest BCUT2D eigenvalue weighted by Crippen LogP contribution is -2.53. The second-order valence-corrected chi connectivity index (χ2v) is 34.3. The molecule has 0 saturated carbocycles. The summed E-state index contributed by atoms with van der Waals surface area (Å²) in [5, 5.41) is 5.14. The predicted molar refractivity (Wildman–Crippen MR) is 522 cm³/mol. The molecule has 0 radical (unpaired) electrons. The summed E-state index contributed by atoms with van der Waals surface area (Å²) in [5.74, 6) is -7.25. The number of nitrogens with two attached hydrogens (primary N) is 6. The van der Waals surface area contributed by atoms with E-state index in [-0.39, 0.29) is 90.9 Å². The van der Waals surface area contributed by atoms with Crippen LogP contribution in [0.3, 0.4) is 0 Å². The Labute approximate surface area is 792 Å². The molecule has 9 aromatic rings. The first kappa shape index (κ1) is 106. The molecule has 34 heteroatoms. The molecular weight excluding hydrogens is 1710 g/mol. The summed E-state index contributed by atoms with van der Waals surface area (Å²) in [5.41, 5.74) is 42.5. The highest BCUT2D eigenvalue weighted by Crippen LogP contribution is 2.29. The number of carbonyl (C=O) groups is 12. The summed E-state index contributed by atoms with van der Waals surface area (Å²) in [6.07, 6.45) is 12.6. The third-order valence-corrected chi connectivity index (χ3v) is 24.7. The highest BCUT2D eigenvalue weighted by atomic mass is 16.2. The maximum Gasteiger partial charge on any atom is 0.243 e. The van der Waals surface area contributed by atoms with Crippen LogP contribution >= 0.6 is 0 Å². The van der Waals surface area contributed by atoms with Gasteiger partial charge in [0.25, 0.3) is 0 Å². The van der Waals surface area contributed by atoms with Gasteiger partial charge in [-0.05, 0) is 190 Å². The molecule has 4 atom stereocenters. The fraction of sp³-hybridized carbons (Fsp3) is 0.455. The number of carbonyl (C=O) groups excluding carboxylic acids is 12. The highest BCUT2D eigenvalue weighted by Gasteiger charge is 2.38. The van der Waals surface area contributed by atoms with Gasteiger partial charge in [0.15, 0.2) is 0 Å². The molecule has 9 rings (SSSR count). The van der Waals surface area contributed by atoms with Crippen molar-refractivity contribution < 1.29 is 57.5 Å². The second-order valence-electron chi connectivity index (χ2n) is 34.3.